The SMILES string of the molecule is O=C(O)Nc1ccc(C#Cc2ccc(F)cc2F)cc1[N+](=O)[O-]. The van der Waals surface area contributed by atoms with Crippen LogP contribution in [0.5, 0.6) is 0 Å². The fourth-order valence-corrected chi connectivity index (χ4v) is 1.71. The number of carboxylic acid groups (broad SMARTS) is 1. The number of anilines is 1. The topological polar surface area (TPSA) is 92.5 Å². The lowest BCUT2D eigenvalue weighted by atomic mass is 10.1. The Morgan fingerprint density at radius 1 is 1.17 bits per heavy atom. The largest absolute Gasteiger partial charge is 0.465 e. The van der Waals surface area contributed by atoms with Gasteiger partial charge in [0.25, 0.3) is 5.69 Å². The van der Waals surface area contributed by atoms with Crippen LogP contribution in [0.2, 0.25) is 0 Å². The summed E-state index contributed by atoms with van der Waals surface area (Å²) < 4.78 is 26.2. The smallest absolute Gasteiger partial charge is 0.409 e. The van der Waals surface area contributed by atoms with Crippen LogP contribution in [-0.4, -0.2) is 16.1 Å². The van der Waals surface area contributed by atoms with Crippen LogP contribution >= 0.6 is 0 Å². The van der Waals surface area contributed by atoms with Crippen molar-refractivity contribution >= 4 is 17.5 Å². The van der Waals surface area contributed by atoms with Gasteiger partial charge in [-0.3, -0.25) is 15.4 Å². The Balaban J connectivity index is 2.38. The van der Waals surface area contributed by atoms with E-state index < -0.39 is 28.3 Å². The van der Waals surface area contributed by atoms with Crippen molar-refractivity contribution in [3.63, 3.8) is 0 Å². The Kier molecular flexibility index (Phi) is 4.52. The van der Waals surface area contributed by atoms with E-state index in [1.54, 1.807) is 0 Å². The highest BCUT2D eigenvalue weighted by Gasteiger charge is 2.15. The summed E-state index contributed by atoms with van der Waals surface area (Å²) in [6.45, 7) is 0. The van der Waals surface area contributed by atoms with Gasteiger partial charge in [-0.1, -0.05) is 11.8 Å². The van der Waals surface area contributed by atoms with Crippen molar-refractivity contribution in [2.45, 2.75) is 0 Å². The third-order valence-electron chi connectivity index (χ3n) is 2.71. The molecule has 2 rings (SSSR count). The fraction of sp³-hybridized carbons (Fsp3) is 0. The first kappa shape index (κ1) is 15.9. The maximum absolute atomic E-state index is 13.4. The van der Waals surface area contributed by atoms with Gasteiger partial charge >= 0.3 is 6.09 Å². The zero-order valence-corrected chi connectivity index (χ0v) is 11.3. The van der Waals surface area contributed by atoms with Crippen LogP contribution in [0.25, 0.3) is 0 Å². The molecule has 0 fully saturated rings. The average molecular weight is 318 g/mol. The van der Waals surface area contributed by atoms with Crippen LogP contribution in [0.4, 0.5) is 25.0 Å². The molecule has 0 atom stereocenters. The number of halogens is 2. The van der Waals surface area contributed by atoms with E-state index in [9.17, 15) is 23.7 Å². The minimum Gasteiger partial charge on any atom is -0.465 e. The van der Waals surface area contributed by atoms with Crippen molar-refractivity contribution in [1.29, 1.82) is 0 Å². The van der Waals surface area contributed by atoms with E-state index in [-0.39, 0.29) is 16.8 Å². The van der Waals surface area contributed by atoms with Gasteiger partial charge in [-0.15, -0.1) is 0 Å². The summed E-state index contributed by atoms with van der Waals surface area (Å²) in [5, 5.41) is 21.5. The Bertz CT molecular complexity index is 856. The number of rotatable bonds is 2. The minimum atomic E-state index is -1.44. The van der Waals surface area contributed by atoms with Gasteiger partial charge in [-0.25, -0.2) is 13.6 Å². The monoisotopic (exact) mass is 318 g/mol. The van der Waals surface area contributed by atoms with Crippen LogP contribution in [0, 0.1) is 33.6 Å². The molecule has 0 saturated carbocycles. The number of nitrogens with one attached hydrogen (secondary N) is 1. The molecular weight excluding hydrogens is 310 g/mol. The molecule has 116 valence electrons. The van der Waals surface area contributed by atoms with Crippen LogP contribution in [0.1, 0.15) is 11.1 Å². The van der Waals surface area contributed by atoms with Crippen molar-refractivity contribution in [3.8, 4) is 11.8 Å². The van der Waals surface area contributed by atoms with Gasteiger partial charge in [0, 0.05) is 17.7 Å². The highest BCUT2D eigenvalue weighted by atomic mass is 19.1. The van der Waals surface area contributed by atoms with E-state index in [1.165, 1.54) is 12.1 Å². The van der Waals surface area contributed by atoms with Gasteiger partial charge in [-0.05, 0) is 24.3 Å². The molecular formula is C15H8F2N2O4. The molecule has 0 aromatic heterocycles. The molecule has 0 bridgehead atoms. The van der Waals surface area contributed by atoms with Gasteiger partial charge in [0.1, 0.15) is 17.3 Å². The van der Waals surface area contributed by atoms with Crippen molar-refractivity contribution < 1.29 is 23.6 Å². The Morgan fingerprint density at radius 3 is 2.52 bits per heavy atom. The van der Waals surface area contributed by atoms with Gasteiger partial charge < -0.3 is 5.11 Å². The predicted octanol–water partition coefficient (Wildman–Crippen LogP) is 3.36. The van der Waals surface area contributed by atoms with Crippen molar-refractivity contribution in [2.24, 2.45) is 0 Å². The van der Waals surface area contributed by atoms with E-state index in [1.807, 2.05) is 5.32 Å². The number of carbonyl (C=O) groups is 1. The molecule has 0 saturated heterocycles. The first-order valence-corrected chi connectivity index (χ1v) is 6.12. The van der Waals surface area contributed by atoms with Crippen LogP contribution < -0.4 is 5.32 Å². The summed E-state index contributed by atoms with van der Waals surface area (Å²) in [7, 11) is 0. The van der Waals surface area contributed by atoms with Crippen LogP contribution in [0.15, 0.2) is 36.4 Å². The molecule has 2 N–H and O–H groups in total. The van der Waals surface area contributed by atoms with E-state index in [4.69, 9.17) is 5.11 Å². The summed E-state index contributed by atoms with van der Waals surface area (Å²) in [6, 6.07) is 6.43. The number of amides is 1. The second kappa shape index (κ2) is 6.53. The zero-order valence-electron chi connectivity index (χ0n) is 11.3. The molecule has 0 spiro atoms. The molecule has 0 aliphatic carbocycles. The summed E-state index contributed by atoms with van der Waals surface area (Å²) >= 11 is 0. The van der Waals surface area contributed by atoms with E-state index >= 15 is 0 Å². The van der Waals surface area contributed by atoms with E-state index in [0.29, 0.717) is 6.07 Å². The Hall–Kier alpha value is -3.47. The fourth-order valence-electron chi connectivity index (χ4n) is 1.71. The van der Waals surface area contributed by atoms with Gasteiger partial charge in [0.15, 0.2) is 0 Å². The standard InChI is InChI=1S/C15H8F2N2O4/c16-11-5-4-10(12(17)8-11)3-1-9-2-6-13(18-15(20)21)14(7-9)19(22)23/h2,4-8,18H,(H,20,21). The van der Waals surface area contributed by atoms with Gasteiger partial charge in [0.2, 0.25) is 0 Å². The molecule has 1 amide bonds. The molecule has 0 radical (unpaired) electrons. The van der Waals surface area contributed by atoms with Gasteiger partial charge in [-0.2, -0.15) is 0 Å². The van der Waals surface area contributed by atoms with Crippen LogP contribution in [0.3, 0.4) is 0 Å². The lowest BCUT2D eigenvalue weighted by molar-refractivity contribution is -0.383. The highest BCUT2D eigenvalue weighted by molar-refractivity contribution is 5.86. The third-order valence-corrected chi connectivity index (χ3v) is 2.71. The van der Waals surface area contributed by atoms with Crippen molar-refractivity contribution in [2.75, 3.05) is 5.32 Å². The highest BCUT2D eigenvalue weighted by Crippen LogP contribution is 2.25. The van der Waals surface area contributed by atoms with E-state index in [2.05, 4.69) is 11.8 Å². The van der Waals surface area contributed by atoms with Crippen LogP contribution in [-0.2, 0) is 0 Å². The summed E-state index contributed by atoms with van der Waals surface area (Å²) in [5.74, 6) is 3.34. The Labute approximate surface area is 128 Å². The zero-order chi connectivity index (χ0) is 17.0. The number of benzene rings is 2. The predicted molar refractivity (Wildman–Crippen MR) is 77.1 cm³/mol. The molecule has 2 aromatic rings. The number of hydrogen-bond acceptors (Lipinski definition) is 3. The summed E-state index contributed by atoms with van der Waals surface area (Å²) in [4.78, 5) is 20.7. The minimum absolute atomic E-state index is 0.0678. The number of nitro benzene ring substituents is 1. The second-order valence-electron chi connectivity index (χ2n) is 4.29. The maximum Gasteiger partial charge on any atom is 0.409 e. The summed E-state index contributed by atoms with van der Waals surface area (Å²) in [6.07, 6.45) is -1.44. The van der Waals surface area contributed by atoms with Gasteiger partial charge in [0.05, 0.1) is 10.5 Å². The molecule has 8 heteroatoms. The molecule has 0 aliphatic heterocycles. The molecule has 23 heavy (non-hydrogen) atoms. The van der Waals surface area contributed by atoms with Crippen molar-refractivity contribution in [3.05, 3.63) is 69.3 Å². The first-order chi connectivity index (χ1) is 10.9. The molecule has 0 heterocycles. The van der Waals surface area contributed by atoms with E-state index in [0.717, 1.165) is 18.2 Å². The Morgan fingerprint density at radius 2 is 1.91 bits per heavy atom. The quantitative estimate of drug-likeness (QED) is 0.504. The number of hydrogen-bond donors (Lipinski definition) is 2. The summed E-state index contributed by atoms with van der Waals surface area (Å²) in [5.41, 5.74) is -0.585. The molecule has 0 unspecified atom stereocenters. The normalized spacial score (nSPS) is 9.65. The van der Waals surface area contributed by atoms with Crippen molar-refractivity contribution in [1.82, 2.24) is 0 Å². The maximum atomic E-state index is 13.4. The second-order valence-corrected chi connectivity index (χ2v) is 4.29. The lowest BCUT2D eigenvalue weighted by Gasteiger charge is -2.02. The molecule has 2 aromatic carbocycles. The molecule has 6 nitrogen and oxygen atoms in total. The number of nitrogens with zero attached hydrogens (tertiary/aromatic N) is 1. The third kappa shape index (κ3) is 4.01. The first-order valence-electron chi connectivity index (χ1n) is 6.12. The number of nitro groups is 1. The molecule has 0 aliphatic rings. The lowest BCUT2D eigenvalue weighted by Crippen LogP contribution is -2.09. The average Bonchev–Trinajstić information content (AvgIpc) is 2.46.